The molecule has 138 valence electrons. The van der Waals surface area contributed by atoms with E-state index >= 15 is 0 Å². The molecule has 1 aliphatic rings. The summed E-state index contributed by atoms with van der Waals surface area (Å²) in [5.74, 6) is 0. The molecule has 1 saturated heterocycles. The molecule has 0 saturated carbocycles. The maximum absolute atomic E-state index is 12.9. The first kappa shape index (κ1) is 17.8. The summed E-state index contributed by atoms with van der Waals surface area (Å²) in [5.41, 5.74) is 1.89. The van der Waals surface area contributed by atoms with Gasteiger partial charge >= 0.3 is 6.03 Å². The highest BCUT2D eigenvalue weighted by molar-refractivity contribution is 9.10. The number of rotatable bonds is 4. The molecule has 0 radical (unpaired) electrons. The van der Waals surface area contributed by atoms with E-state index in [1.165, 1.54) is 0 Å². The number of benzene rings is 2. The van der Waals surface area contributed by atoms with Gasteiger partial charge in [0.25, 0.3) is 0 Å². The summed E-state index contributed by atoms with van der Waals surface area (Å²) in [6.07, 6.45) is 5.60. The van der Waals surface area contributed by atoms with Gasteiger partial charge in [0.1, 0.15) is 0 Å². The largest absolute Gasteiger partial charge is 0.383 e. The third-order valence-corrected chi connectivity index (χ3v) is 5.48. The predicted molar refractivity (Wildman–Crippen MR) is 113 cm³/mol. The fourth-order valence-electron chi connectivity index (χ4n) is 3.54. The van der Waals surface area contributed by atoms with E-state index in [0.717, 1.165) is 52.6 Å². The van der Waals surface area contributed by atoms with Gasteiger partial charge in [-0.1, -0.05) is 28.1 Å². The number of hydrogen-bond donors (Lipinski definition) is 2. The number of aromatic nitrogens is 1. The Bertz CT molecular complexity index is 939. The van der Waals surface area contributed by atoms with E-state index < -0.39 is 0 Å². The fourth-order valence-corrected chi connectivity index (χ4v) is 3.80. The van der Waals surface area contributed by atoms with Gasteiger partial charge in [0.15, 0.2) is 0 Å². The first-order chi connectivity index (χ1) is 13.2. The molecular formula is C21H21BrN4O. The highest BCUT2D eigenvalue weighted by atomic mass is 79.9. The van der Waals surface area contributed by atoms with Gasteiger partial charge in [-0.05, 0) is 49.2 Å². The Morgan fingerprint density at radius 1 is 1.19 bits per heavy atom. The van der Waals surface area contributed by atoms with Crippen LogP contribution in [0.25, 0.3) is 10.8 Å². The van der Waals surface area contributed by atoms with E-state index in [2.05, 4.69) is 31.5 Å². The second-order valence-corrected chi connectivity index (χ2v) is 7.63. The maximum Gasteiger partial charge on any atom is 0.322 e. The number of amides is 2. The molecule has 1 aromatic heterocycles. The Hall–Kier alpha value is -2.60. The zero-order valence-electron chi connectivity index (χ0n) is 14.9. The Kier molecular flexibility index (Phi) is 5.25. The van der Waals surface area contributed by atoms with Crippen molar-refractivity contribution >= 4 is 44.1 Å². The molecule has 0 bridgehead atoms. The number of hydrogen-bond acceptors (Lipinski definition) is 3. The van der Waals surface area contributed by atoms with Crippen molar-refractivity contribution in [3.05, 3.63) is 65.4 Å². The Morgan fingerprint density at radius 2 is 2.04 bits per heavy atom. The van der Waals surface area contributed by atoms with Crippen molar-refractivity contribution in [1.82, 2.24) is 9.88 Å². The lowest BCUT2D eigenvalue weighted by molar-refractivity contribution is 0.209. The number of halogens is 1. The monoisotopic (exact) mass is 424 g/mol. The van der Waals surface area contributed by atoms with Crippen LogP contribution in [0.3, 0.4) is 0 Å². The predicted octanol–water partition coefficient (Wildman–Crippen LogP) is 5.11. The van der Waals surface area contributed by atoms with E-state index in [-0.39, 0.29) is 12.1 Å². The average molecular weight is 425 g/mol. The topological polar surface area (TPSA) is 57.3 Å². The van der Waals surface area contributed by atoms with E-state index in [4.69, 9.17) is 0 Å². The minimum absolute atomic E-state index is 0.0422. The molecule has 2 N–H and O–H groups in total. The first-order valence-electron chi connectivity index (χ1n) is 9.10. The van der Waals surface area contributed by atoms with E-state index in [0.29, 0.717) is 0 Å². The number of urea groups is 1. The third-order valence-electron chi connectivity index (χ3n) is 4.95. The zero-order chi connectivity index (χ0) is 18.6. The second kappa shape index (κ2) is 7.96. The summed E-state index contributed by atoms with van der Waals surface area (Å²) in [5, 5.41) is 8.55. The number of anilines is 2. The van der Waals surface area contributed by atoms with Crippen molar-refractivity contribution in [2.75, 3.05) is 23.7 Å². The summed E-state index contributed by atoms with van der Waals surface area (Å²) in [4.78, 5) is 19.0. The molecule has 2 amide bonds. The summed E-state index contributed by atoms with van der Waals surface area (Å²) in [6, 6.07) is 16.0. The van der Waals surface area contributed by atoms with Gasteiger partial charge in [0.2, 0.25) is 0 Å². The van der Waals surface area contributed by atoms with Crippen molar-refractivity contribution in [2.45, 2.75) is 18.9 Å². The Labute approximate surface area is 166 Å². The van der Waals surface area contributed by atoms with Gasteiger partial charge in [-0.15, -0.1) is 0 Å². The molecule has 0 aliphatic carbocycles. The summed E-state index contributed by atoms with van der Waals surface area (Å²) in [7, 11) is 0. The number of carbonyl (C=O) groups is 1. The Balaban J connectivity index is 1.43. The van der Waals surface area contributed by atoms with Crippen molar-refractivity contribution in [3.63, 3.8) is 0 Å². The fraction of sp³-hybridized carbons (Fsp3) is 0.238. The first-order valence-corrected chi connectivity index (χ1v) is 9.90. The number of likely N-dealkylation sites (tertiary alicyclic amines) is 1. The molecule has 1 aliphatic heterocycles. The molecule has 27 heavy (non-hydrogen) atoms. The quantitative estimate of drug-likeness (QED) is 0.611. The van der Waals surface area contributed by atoms with E-state index in [1.54, 1.807) is 6.20 Å². The van der Waals surface area contributed by atoms with Crippen LogP contribution in [0, 0.1) is 0 Å². The highest BCUT2D eigenvalue weighted by Gasteiger charge is 2.28. The Morgan fingerprint density at radius 3 is 2.89 bits per heavy atom. The van der Waals surface area contributed by atoms with Crippen LogP contribution in [0.1, 0.15) is 12.8 Å². The molecule has 2 aromatic carbocycles. The van der Waals surface area contributed by atoms with Crippen molar-refractivity contribution in [3.8, 4) is 0 Å². The normalized spacial score (nSPS) is 16.5. The van der Waals surface area contributed by atoms with Gasteiger partial charge in [0, 0.05) is 46.4 Å². The van der Waals surface area contributed by atoms with E-state index in [1.807, 2.05) is 59.6 Å². The molecule has 5 nitrogen and oxygen atoms in total. The van der Waals surface area contributed by atoms with Crippen LogP contribution in [-0.4, -0.2) is 35.0 Å². The van der Waals surface area contributed by atoms with Crippen LogP contribution in [0.15, 0.2) is 65.4 Å². The van der Waals surface area contributed by atoms with Crippen molar-refractivity contribution < 1.29 is 4.79 Å². The zero-order valence-corrected chi connectivity index (χ0v) is 16.4. The molecule has 6 heteroatoms. The molecule has 0 unspecified atom stereocenters. The van der Waals surface area contributed by atoms with Crippen LogP contribution in [0.2, 0.25) is 0 Å². The maximum atomic E-state index is 12.9. The third kappa shape index (κ3) is 4.06. The summed E-state index contributed by atoms with van der Waals surface area (Å²) in [6.45, 7) is 1.53. The minimum atomic E-state index is -0.0422. The van der Waals surface area contributed by atoms with Gasteiger partial charge in [-0.25, -0.2) is 4.79 Å². The number of nitrogens with zero attached hydrogens (tertiary/aromatic N) is 2. The molecule has 3 aromatic rings. The minimum Gasteiger partial charge on any atom is -0.383 e. The van der Waals surface area contributed by atoms with Crippen LogP contribution in [0.5, 0.6) is 0 Å². The van der Waals surface area contributed by atoms with Gasteiger partial charge < -0.3 is 15.5 Å². The van der Waals surface area contributed by atoms with Crippen LogP contribution in [0.4, 0.5) is 16.2 Å². The smallest absolute Gasteiger partial charge is 0.322 e. The molecule has 1 atom stereocenters. The molecule has 0 spiro atoms. The lowest BCUT2D eigenvalue weighted by atomic mass is 10.1. The molecule has 4 rings (SSSR count). The molecule has 2 heterocycles. The van der Waals surface area contributed by atoms with Gasteiger partial charge in [0.05, 0.1) is 11.7 Å². The number of pyridine rings is 1. The SMILES string of the molecule is O=C(Nc1cccc2cnccc12)N1CCC[C@H]1CNc1ccc(Br)cc1. The summed E-state index contributed by atoms with van der Waals surface area (Å²) >= 11 is 3.45. The molecule has 1 fully saturated rings. The van der Waals surface area contributed by atoms with Crippen LogP contribution < -0.4 is 10.6 Å². The van der Waals surface area contributed by atoms with Crippen LogP contribution >= 0.6 is 15.9 Å². The van der Waals surface area contributed by atoms with Crippen molar-refractivity contribution in [2.24, 2.45) is 0 Å². The lowest BCUT2D eigenvalue weighted by Gasteiger charge is -2.26. The van der Waals surface area contributed by atoms with Crippen molar-refractivity contribution in [1.29, 1.82) is 0 Å². The molecular weight excluding hydrogens is 404 g/mol. The summed E-state index contributed by atoms with van der Waals surface area (Å²) < 4.78 is 1.06. The standard InChI is InChI=1S/C21H21BrN4O/c22-16-6-8-17(9-7-16)24-14-18-4-2-12-26(18)21(27)25-20-5-1-3-15-13-23-11-10-19(15)20/h1,3,5-11,13,18,24H,2,4,12,14H2,(H,25,27)/t18-/m0/s1. The van der Waals surface area contributed by atoms with E-state index in [9.17, 15) is 4.79 Å². The second-order valence-electron chi connectivity index (χ2n) is 6.71. The number of carbonyl (C=O) groups excluding carboxylic acids is 1. The van der Waals surface area contributed by atoms with Gasteiger partial charge in [-0.3, -0.25) is 4.98 Å². The average Bonchev–Trinajstić information content (AvgIpc) is 3.17. The number of fused-ring (bicyclic) bond motifs is 1. The van der Waals surface area contributed by atoms with Crippen LogP contribution in [-0.2, 0) is 0 Å². The number of nitrogens with one attached hydrogen (secondary N) is 2. The van der Waals surface area contributed by atoms with Gasteiger partial charge in [-0.2, -0.15) is 0 Å². The lowest BCUT2D eigenvalue weighted by Crippen LogP contribution is -2.42. The highest BCUT2D eigenvalue weighted by Crippen LogP contribution is 2.25.